The molecule has 0 bridgehead atoms. The van der Waals surface area contributed by atoms with Gasteiger partial charge in [0.25, 0.3) is 0 Å². The number of β-lactam (4-membered cyclic amide) rings is 1. The van der Waals surface area contributed by atoms with Gasteiger partial charge in [-0.15, -0.1) is 11.8 Å². The Bertz CT molecular complexity index is 341. The Morgan fingerprint density at radius 3 is 2.78 bits per heavy atom. The standard InChI is InChI=1S/C12H20N2O3S/c1-8(2)4-6-17-9(15)5-7-18-12-10(13)11(16)14(12)3/h4,10,12H,5-7,13H2,1-3H3/t10-,12-/m1/s1. The summed E-state index contributed by atoms with van der Waals surface area (Å²) in [6.07, 6.45) is 2.20. The van der Waals surface area contributed by atoms with E-state index in [2.05, 4.69) is 0 Å². The first-order valence-corrected chi connectivity index (χ1v) is 6.91. The molecule has 102 valence electrons. The van der Waals surface area contributed by atoms with E-state index in [1.54, 1.807) is 11.9 Å². The second-order valence-electron chi connectivity index (χ2n) is 4.45. The minimum absolute atomic E-state index is 0.0110. The lowest BCUT2D eigenvalue weighted by atomic mass is 10.1. The van der Waals surface area contributed by atoms with Crippen LogP contribution in [0.3, 0.4) is 0 Å². The summed E-state index contributed by atoms with van der Waals surface area (Å²) in [5, 5.41) is -0.0110. The van der Waals surface area contributed by atoms with Gasteiger partial charge in [0.05, 0.1) is 6.42 Å². The first-order valence-electron chi connectivity index (χ1n) is 5.86. The van der Waals surface area contributed by atoms with Gasteiger partial charge < -0.3 is 15.4 Å². The number of thioether (sulfide) groups is 1. The Hall–Kier alpha value is -1.01. The molecule has 0 saturated carbocycles. The topological polar surface area (TPSA) is 72.6 Å². The van der Waals surface area contributed by atoms with Crippen molar-refractivity contribution in [3.8, 4) is 0 Å². The number of ether oxygens (including phenoxy) is 1. The highest BCUT2D eigenvalue weighted by Gasteiger charge is 2.42. The van der Waals surface area contributed by atoms with Crippen LogP contribution in [0, 0.1) is 0 Å². The Balaban J connectivity index is 2.13. The van der Waals surface area contributed by atoms with E-state index >= 15 is 0 Å². The van der Waals surface area contributed by atoms with E-state index in [0.717, 1.165) is 5.57 Å². The van der Waals surface area contributed by atoms with Gasteiger partial charge in [0.2, 0.25) is 5.91 Å². The Kier molecular flexibility index (Phi) is 5.68. The number of hydrogen-bond donors (Lipinski definition) is 1. The van der Waals surface area contributed by atoms with Gasteiger partial charge in [0.1, 0.15) is 18.0 Å². The predicted octanol–water partition coefficient (Wildman–Crippen LogP) is 0.745. The first kappa shape index (κ1) is 15.0. The van der Waals surface area contributed by atoms with Gasteiger partial charge >= 0.3 is 5.97 Å². The molecule has 1 aliphatic rings. The molecule has 1 saturated heterocycles. The number of nitrogens with two attached hydrogens (primary N) is 1. The lowest BCUT2D eigenvalue weighted by Crippen LogP contribution is -2.65. The lowest BCUT2D eigenvalue weighted by Gasteiger charge is -2.42. The van der Waals surface area contributed by atoms with Crippen LogP contribution in [0.25, 0.3) is 0 Å². The van der Waals surface area contributed by atoms with E-state index in [-0.39, 0.29) is 17.3 Å². The third-order valence-corrected chi connectivity index (χ3v) is 4.04. The van der Waals surface area contributed by atoms with Crippen molar-refractivity contribution in [3.63, 3.8) is 0 Å². The van der Waals surface area contributed by atoms with Crippen LogP contribution in [0.15, 0.2) is 11.6 Å². The molecule has 0 aromatic rings. The maximum absolute atomic E-state index is 11.4. The number of rotatable bonds is 6. The van der Waals surface area contributed by atoms with Crippen molar-refractivity contribution in [2.45, 2.75) is 31.7 Å². The first-order chi connectivity index (χ1) is 8.43. The summed E-state index contributed by atoms with van der Waals surface area (Å²) >= 11 is 1.52. The van der Waals surface area contributed by atoms with Crippen LogP contribution in [0.4, 0.5) is 0 Å². The van der Waals surface area contributed by atoms with E-state index in [1.165, 1.54) is 11.8 Å². The molecular weight excluding hydrogens is 252 g/mol. The molecule has 0 radical (unpaired) electrons. The van der Waals surface area contributed by atoms with Crippen LogP contribution in [-0.4, -0.2) is 47.6 Å². The third-order valence-electron chi connectivity index (χ3n) is 2.65. The second-order valence-corrected chi connectivity index (χ2v) is 5.68. The lowest BCUT2D eigenvalue weighted by molar-refractivity contribution is -0.142. The quantitative estimate of drug-likeness (QED) is 0.439. The van der Waals surface area contributed by atoms with Gasteiger partial charge in [-0.2, -0.15) is 0 Å². The summed E-state index contributed by atoms with van der Waals surface area (Å²) in [6, 6.07) is -0.429. The fourth-order valence-corrected chi connectivity index (χ4v) is 2.67. The van der Waals surface area contributed by atoms with Crippen LogP contribution in [0.2, 0.25) is 0 Å². The number of carbonyl (C=O) groups excluding carboxylic acids is 2. The molecule has 1 aliphatic heterocycles. The number of esters is 1. The summed E-state index contributed by atoms with van der Waals surface area (Å²) in [6.45, 7) is 4.23. The Morgan fingerprint density at radius 1 is 1.56 bits per heavy atom. The molecule has 0 aromatic heterocycles. The van der Waals surface area contributed by atoms with Crippen molar-refractivity contribution in [3.05, 3.63) is 11.6 Å². The third kappa shape index (κ3) is 4.03. The molecule has 1 fully saturated rings. The zero-order chi connectivity index (χ0) is 13.7. The van der Waals surface area contributed by atoms with Gasteiger partial charge in [-0.1, -0.05) is 5.57 Å². The van der Waals surface area contributed by atoms with Crippen molar-refractivity contribution in [1.29, 1.82) is 0 Å². The van der Waals surface area contributed by atoms with Crippen molar-refractivity contribution in [1.82, 2.24) is 4.90 Å². The number of carbonyl (C=O) groups is 2. The van der Waals surface area contributed by atoms with E-state index in [1.807, 2.05) is 19.9 Å². The van der Waals surface area contributed by atoms with Crippen LogP contribution in [-0.2, 0) is 14.3 Å². The average molecular weight is 272 g/mol. The zero-order valence-electron chi connectivity index (χ0n) is 11.0. The molecule has 2 N–H and O–H groups in total. The molecule has 1 amide bonds. The molecule has 2 atom stereocenters. The second kappa shape index (κ2) is 6.80. The summed E-state index contributed by atoms with van der Waals surface area (Å²) in [4.78, 5) is 24.1. The SMILES string of the molecule is CC(C)=CCOC(=O)CCS[C@@H]1[C@H](N)C(=O)N1C. The van der Waals surface area contributed by atoms with Crippen LogP contribution < -0.4 is 5.73 Å². The zero-order valence-corrected chi connectivity index (χ0v) is 11.8. The predicted molar refractivity (Wildman–Crippen MR) is 72.0 cm³/mol. The highest BCUT2D eigenvalue weighted by Crippen LogP contribution is 2.27. The number of amides is 1. The molecule has 1 rings (SSSR count). The highest BCUT2D eigenvalue weighted by atomic mass is 32.2. The van der Waals surface area contributed by atoms with E-state index in [9.17, 15) is 9.59 Å². The largest absolute Gasteiger partial charge is 0.461 e. The van der Waals surface area contributed by atoms with Gasteiger partial charge in [-0.25, -0.2) is 0 Å². The number of likely N-dealkylation sites (N-methyl/N-ethyl adjacent to an activating group) is 1. The maximum Gasteiger partial charge on any atom is 0.306 e. The van der Waals surface area contributed by atoms with Crippen LogP contribution in [0.1, 0.15) is 20.3 Å². The minimum atomic E-state index is -0.429. The summed E-state index contributed by atoms with van der Waals surface area (Å²) in [7, 11) is 1.72. The highest BCUT2D eigenvalue weighted by molar-refractivity contribution is 8.00. The van der Waals surface area contributed by atoms with Crippen LogP contribution >= 0.6 is 11.8 Å². The maximum atomic E-state index is 11.4. The molecule has 5 nitrogen and oxygen atoms in total. The molecule has 1 heterocycles. The van der Waals surface area contributed by atoms with E-state index in [4.69, 9.17) is 10.5 Å². The average Bonchev–Trinajstić information content (AvgIpc) is 2.32. The van der Waals surface area contributed by atoms with Crippen molar-refractivity contribution < 1.29 is 14.3 Å². The fraction of sp³-hybridized carbons (Fsp3) is 0.667. The molecule has 18 heavy (non-hydrogen) atoms. The monoisotopic (exact) mass is 272 g/mol. The molecule has 6 heteroatoms. The summed E-state index contributed by atoms with van der Waals surface area (Å²) in [5.41, 5.74) is 6.77. The molecular formula is C12H20N2O3S. The van der Waals surface area contributed by atoms with Crippen molar-refractivity contribution >= 4 is 23.6 Å². The Labute approximate surface area is 112 Å². The number of hydrogen-bond acceptors (Lipinski definition) is 5. The van der Waals surface area contributed by atoms with Gasteiger partial charge in [0.15, 0.2) is 0 Å². The molecule has 0 aliphatic carbocycles. The van der Waals surface area contributed by atoms with Crippen molar-refractivity contribution in [2.75, 3.05) is 19.4 Å². The molecule has 0 aromatic carbocycles. The van der Waals surface area contributed by atoms with Crippen molar-refractivity contribution in [2.24, 2.45) is 5.73 Å². The Morgan fingerprint density at radius 2 is 2.22 bits per heavy atom. The van der Waals surface area contributed by atoms with Crippen LogP contribution in [0.5, 0.6) is 0 Å². The van der Waals surface area contributed by atoms with E-state index in [0.29, 0.717) is 18.8 Å². The number of likely N-dealkylation sites (tertiary alicyclic amines) is 1. The van der Waals surface area contributed by atoms with Gasteiger partial charge in [-0.05, 0) is 19.9 Å². The van der Waals surface area contributed by atoms with Gasteiger partial charge in [-0.3, -0.25) is 9.59 Å². The summed E-state index contributed by atoms with van der Waals surface area (Å²) < 4.78 is 5.02. The van der Waals surface area contributed by atoms with Gasteiger partial charge in [0, 0.05) is 12.8 Å². The fourth-order valence-electron chi connectivity index (χ4n) is 1.49. The normalized spacial score (nSPS) is 22.4. The number of allylic oxidation sites excluding steroid dienone is 1. The smallest absolute Gasteiger partial charge is 0.306 e. The van der Waals surface area contributed by atoms with E-state index < -0.39 is 6.04 Å². The molecule has 0 unspecified atom stereocenters. The number of nitrogens with zero attached hydrogens (tertiary/aromatic N) is 1. The molecule has 0 spiro atoms. The summed E-state index contributed by atoms with van der Waals surface area (Å²) in [5.74, 6) is 0.351. The minimum Gasteiger partial charge on any atom is -0.461 e.